The number of nitrogens with zero attached hydrogens (tertiary/aromatic N) is 2. The average Bonchev–Trinajstić information content (AvgIpc) is 3.04. The second kappa shape index (κ2) is 12.4. The summed E-state index contributed by atoms with van der Waals surface area (Å²) in [5.74, 6) is -4.64. The number of primary amides is 1. The number of Topliss-reactive ketones (excluding diaryl/α,β-unsaturated/α-hetero) is 2. The van der Waals surface area contributed by atoms with Gasteiger partial charge < -0.3 is 30.3 Å². The van der Waals surface area contributed by atoms with Crippen LogP contribution in [-0.4, -0.2) is 72.4 Å². The van der Waals surface area contributed by atoms with Gasteiger partial charge in [-0.25, -0.2) is 0 Å². The van der Waals surface area contributed by atoms with Gasteiger partial charge in [-0.05, 0) is 61.7 Å². The van der Waals surface area contributed by atoms with Crippen LogP contribution in [0.2, 0.25) is 0 Å². The van der Waals surface area contributed by atoms with Crippen molar-refractivity contribution in [3.8, 4) is 5.75 Å². The van der Waals surface area contributed by atoms with E-state index in [1.54, 1.807) is 25.1 Å². The lowest BCUT2D eigenvalue weighted by Gasteiger charge is -2.50. The molecule has 0 saturated heterocycles. The molecule has 0 bridgehead atoms. The first-order valence-corrected chi connectivity index (χ1v) is 15.6. The van der Waals surface area contributed by atoms with Gasteiger partial charge in [-0.1, -0.05) is 60.7 Å². The maximum atomic E-state index is 14.5. The zero-order valence-electron chi connectivity index (χ0n) is 26.9. The van der Waals surface area contributed by atoms with Gasteiger partial charge in [0.1, 0.15) is 36.1 Å². The van der Waals surface area contributed by atoms with Crippen molar-refractivity contribution in [2.75, 3.05) is 33.1 Å². The van der Waals surface area contributed by atoms with Crippen molar-refractivity contribution in [1.82, 2.24) is 4.90 Å². The zero-order chi connectivity index (χ0) is 33.6. The maximum absolute atomic E-state index is 14.5. The SMILES string of the molecule is CN(C)c1ccc(OCc2ccccc2)c2c1C[C@@H]1C[C@@H]3[C@@H](N(C)C)C(OCc4ccccc4)=C(C(N)=O)C(=O)[C@@]3(O)C(=O)C1=C2O. The molecule has 4 atom stereocenters. The van der Waals surface area contributed by atoms with Gasteiger partial charge in [-0.15, -0.1) is 0 Å². The highest BCUT2D eigenvalue weighted by Gasteiger charge is 2.65. The summed E-state index contributed by atoms with van der Waals surface area (Å²) >= 11 is 0. The Morgan fingerprint density at radius 3 is 2.04 bits per heavy atom. The number of likely N-dealkylation sites (N-methyl/N-ethyl adjacent to an activating group) is 1. The molecule has 1 fully saturated rings. The number of nitrogens with two attached hydrogens (primary N) is 1. The third-order valence-corrected chi connectivity index (χ3v) is 9.49. The summed E-state index contributed by atoms with van der Waals surface area (Å²) < 4.78 is 12.4. The molecule has 6 rings (SSSR count). The van der Waals surface area contributed by atoms with Crippen LogP contribution in [0, 0.1) is 11.8 Å². The third kappa shape index (κ3) is 5.37. The minimum Gasteiger partial charge on any atom is -0.507 e. The van der Waals surface area contributed by atoms with Crippen molar-refractivity contribution in [1.29, 1.82) is 0 Å². The van der Waals surface area contributed by atoms with Crippen molar-refractivity contribution in [3.05, 3.63) is 112 Å². The summed E-state index contributed by atoms with van der Waals surface area (Å²) in [6, 6.07) is 21.6. The molecule has 3 aliphatic carbocycles. The average molecular weight is 638 g/mol. The molecule has 3 aliphatic rings. The van der Waals surface area contributed by atoms with Crippen LogP contribution in [0.4, 0.5) is 5.69 Å². The van der Waals surface area contributed by atoms with Crippen LogP contribution < -0.4 is 15.4 Å². The lowest BCUT2D eigenvalue weighted by molar-refractivity contribution is -0.162. The van der Waals surface area contributed by atoms with E-state index < -0.39 is 46.5 Å². The quantitative estimate of drug-likeness (QED) is 0.237. The van der Waals surface area contributed by atoms with Crippen LogP contribution in [0.25, 0.3) is 5.76 Å². The Kier molecular flexibility index (Phi) is 8.42. The molecule has 0 heterocycles. The summed E-state index contributed by atoms with van der Waals surface area (Å²) in [5.41, 5.74) is 6.20. The molecule has 0 spiro atoms. The van der Waals surface area contributed by atoms with Gasteiger partial charge >= 0.3 is 0 Å². The highest BCUT2D eigenvalue weighted by molar-refractivity contribution is 6.33. The monoisotopic (exact) mass is 637 g/mol. The molecule has 3 aromatic rings. The number of hydrogen-bond donors (Lipinski definition) is 3. The summed E-state index contributed by atoms with van der Waals surface area (Å²) in [4.78, 5) is 45.2. The maximum Gasteiger partial charge on any atom is 0.255 e. The molecule has 0 radical (unpaired) electrons. The van der Waals surface area contributed by atoms with E-state index >= 15 is 0 Å². The molecule has 3 aromatic carbocycles. The fourth-order valence-corrected chi connectivity index (χ4v) is 7.36. The largest absolute Gasteiger partial charge is 0.507 e. The number of ketones is 2. The van der Waals surface area contributed by atoms with E-state index in [4.69, 9.17) is 15.2 Å². The van der Waals surface area contributed by atoms with E-state index in [0.717, 1.165) is 22.4 Å². The normalized spacial score (nSPS) is 23.7. The summed E-state index contributed by atoms with van der Waals surface area (Å²) in [7, 11) is 7.26. The molecular weight excluding hydrogens is 598 g/mol. The number of amides is 1. The van der Waals surface area contributed by atoms with Gasteiger partial charge in [0.05, 0.1) is 11.6 Å². The van der Waals surface area contributed by atoms with E-state index in [2.05, 4.69) is 0 Å². The molecule has 0 aromatic heterocycles. The van der Waals surface area contributed by atoms with Crippen molar-refractivity contribution < 1.29 is 34.1 Å². The Morgan fingerprint density at radius 2 is 1.49 bits per heavy atom. The fraction of sp³-hybridized carbons (Fsp3) is 0.324. The van der Waals surface area contributed by atoms with Crippen molar-refractivity contribution in [2.24, 2.45) is 17.6 Å². The van der Waals surface area contributed by atoms with Crippen LogP contribution in [0.1, 0.15) is 28.7 Å². The van der Waals surface area contributed by atoms with Gasteiger partial charge in [0.2, 0.25) is 11.6 Å². The number of benzene rings is 3. The van der Waals surface area contributed by atoms with E-state index in [-0.39, 0.29) is 36.7 Å². The Hall–Kier alpha value is -4.93. The van der Waals surface area contributed by atoms with Gasteiger partial charge in [-0.3, -0.25) is 19.3 Å². The van der Waals surface area contributed by atoms with Crippen molar-refractivity contribution >= 4 is 28.9 Å². The van der Waals surface area contributed by atoms with Crippen LogP contribution >= 0.6 is 0 Å². The summed E-state index contributed by atoms with van der Waals surface area (Å²) in [6.07, 6.45) is 0.506. The Bertz CT molecular complexity index is 1800. The number of aliphatic hydroxyl groups excluding tert-OH is 1. The molecule has 47 heavy (non-hydrogen) atoms. The van der Waals surface area contributed by atoms with Crippen molar-refractivity contribution in [3.63, 3.8) is 0 Å². The van der Waals surface area contributed by atoms with E-state index in [1.807, 2.05) is 85.7 Å². The molecule has 10 nitrogen and oxygen atoms in total. The molecule has 10 heteroatoms. The molecule has 244 valence electrons. The number of anilines is 1. The number of carbonyl (C=O) groups is 3. The van der Waals surface area contributed by atoms with Gasteiger partial charge in [0.25, 0.3) is 5.91 Å². The van der Waals surface area contributed by atoms with Gasteiger partial charge in [0.15, 0.2) is 5.60 Å². The van der Waals surface area contributed by atoms with Crippen LogP contribution in [-0.2, 0) is 38.8 Å². The first-order chi connectivity index (χ1) is 22.4. The lowest BCUT2D eigenvalue weighted by Crippen LogP contribution is -2.67. The predicted molar refractivity (Wildman–Crippen MR) is 176 cm³/mol. The first-order valence-electron chi connectivity index (χ1n) is 15.6. The number of hydrogen-bond acceptors (Lipinski definition) is 9. The molecule has 1 saturated carbocycles. The highest BCUT2D eigenvalue weighted by Crippen LogP contribution is 2.53. The smallest absolute Gasteiger partial charge is 0.255 e. The van der Waals surface area contributed by atoms with Crippen LogP contribution in [0.5, 0.6) is 5.75 Å². The summed E-state index contributed by atoms with van der Waals surface area (Å²) in [6.45, 7) is 0.270. The molecule has 1 amide bonds. The molecule has 0 aliphatic heterocycles. The highest BCUT2D eigenvalue weighted by atomic mass is 16.5. The van der Waals surface area contributed by atoms with E-state index in [1.165, 1.54) is 0 Å². The molecule has 0 unspecified atom stereocenters. The minimum atomic E-state index is -2.65. The number of ether oxygens (including phenoxy) is 2. The topological polar surface area (TPSA) is 143 Å². The minimum absolute atomic E-state index is 0.0252. The number of carbonyl (C=O) groups excluding carboxylic acids is 3. The van der Waals surface area contributed by atoms with Crippen molar-refractivity contribution in [2.45, 2.75) is 37.7 Å². The Morgan fingerprint density at radius 1 is 0.894 bits per heavy atom. The van der Waals surface area contributed by atoms with Crippen LogP contribution in [0.15, 0.2) is 89.7 Å². The molecular formula is C37H39N3O7. The lowest BCUT2D eigenvalue weighted by atomic mass is 9.57. The molecule has 4 N–H and O–H groups in total. The van der Waals surface area contributed by atoms with Gasteiger partial charge in [-0.2, -0.15) is 0 Å². The fourth-order valence-electron chi connectivity index (χ4n) is 7.36. The van der Waals surface area contributed by atoms with E-state index in [0.29, 0.717) is 17.7 Å². The number of rotatable bonds is 9. The third-order valence-electron chi connectivity index (χ3n) is 9.49. The van der Waals surface area contributed by atoms with Crippen LogP contribution in [0.3, 0.4) is 0 Å². The predicted octanol–water partition coefficient (Wildman–Crippen LogP) is 3.56. The Labute approximate surface area is 273 Å². The summed E-state index contributed by atoms with van der Waals surface area (Å²) in [5, 5.41) is 24.1. The van der Waals surface area contributed by atoms with Gasteiger partial charge in [0, 0.05) is 31.3 Å². The zero-order valence-corrected chi connectivity index (χ0v) is 26.9. The number of fused-ring (bicyclic) bond motifs is 3. The second-order valence-corrected chi connectivity index (χ2v) is 12.8. The second-order valence-electron chi connectivity index (χ2n) is 12.8. The Balaban J connectivity index is 1.46. The van der Waals surface area contributed by atoms with E-state index in [9.17, 15) is 24.6 Å². The standard InChI is InChI=1S/C37H39N3O7/c1-39(2)26-15-16-27(46-19-21-11-7-5-8-12-21)29-24(26)17-23-18-25-31(40(3)4)33(47-20-22-13-9-6-10-14-22)30(36(38)44)35(43)37(25,45)34(42)28(23)32(29)41/h5-16,23,25,31,41,45H,17-20H2,1-4H3,(H2,38,44)/t23-,25-,31-,37+/m1/s1. The first kappa shape index (κ1) is 32.0. The number of aliphatic hydroxyl groups is 2.